The van der Waals surface area contributed by atoms with Crippen molar-refractivity contribution in [1.82, 2.24) is 20.1 Å². The highest BCUT2D eigenvalue weighted by Gasteiger charge is 2.04. The lowest BCUT2D eigenvalue weighted by molar-refractivity contribution is -0.116. The van der Waals surface area contributed by atoms with Gasteiger partial charge in [-0.2, -0.15) is 5.10 Å². The minimum Gasteiger partial charge on any atom is -0.325 e. The van der Waals surface area contributed by atoms with Crippen LogP contribution in [0.1, 0.15) is 6.42 Å². The van der Waals surface area contributed by atoms with Crippen molar-refractivity contribution < 1.29 is 4.79 Å². The van der Waals surface area contributed by atoms with E-state index in [1.807, 2.05) is 18.2 Å². The van der Waals surface area contributed by atoms with Crippen LogP contribution in [0, 0.1) is 0 Å². The maximum absolute atomic E-state index is 12.3. The molecule has 25 heavy (non-hydrogen) atoms. The normalized spacial score (nSPS) is 10.7. The zero-order valence-corrected chi connectivity index (χ0v) is 13.7. The van der Waals surface area contributed by atoms with Gasteiger partial charge in [0, 0.05) is 31.1 Å². The number of benzene rings is 1. The maximum atomic E-state index is 12.3. The number of carbonyl (C=O) groups is 1. The first-order valence-corrected chi connectivity index (χ1v) is 8.09. The Labute approximate surface area is 144 Å². The third-order valence-electron chi connectivity index (χ3n) is 3.74. The van der Waals surface area contributed by atoms with Crippen LogP contribution >= 0.6 is 0 Å². The van der Waals surface area contributed by atoms with Crippen LogP contribution < -0.4 is 16.2 Å². The molecule has 2 aromatic heterocycles. The molecule has 0 radical (unpaired) electrons. The van der Waals surface area contributed by atoms with E-state index >= 15 is 0 Å². The second kappa shape index (κ2) is 8.16. The molecule has 0 aliphatic heterocycles. The van der Waals surface area contributed by atoms with Crippen LogP contribution in [-0.4, -0.2) is 33.8 Å². The Morgan fingerprint density at radius 1 is 1.08 bits per heavy atom. The molecule has 0 spiro atoms. The van der Waals surface area contributed by atoms with Gasteiger partial charge in [-0.25, -0.2) is 4.68 Å². The van der Waals surface area contributed by atoms with Crippen molar-refractivity contribution in [3.05, 3.63) is 65.3 Å². The molecule has 0 saturated heterocycles. The number of rotatable bonds is 7. The largest absolute Gasteiger partial charge is 0.325 e. The molecule has 7 nitrogen and oxygen atoms in total. The topological polar surface area (TPSA) is 88.9 Å². The van der Waals surface area contributed by atoms with Crippen LogP contribution in [0.4, 0.5) is 5.69 Å². The van der Waals surface area contributed by atoms with Crippen molar-refractivity contribution in [1.29, 1.82) is 0 Å². The van der Waals surface area contributed by atoms with E-state index in [0.29, 0.717) is 37.1 Å². The molecule has 1 amide bonds. The first-order valence-electron chi connectivity index (χ1n) is 8.09. The highest BCUT2D eigenvalue weighted by atomic mass is 16.1. The lowest BCUT2D eigenvalue weighted by Gasteiger charge is -2.08. The van der Waals surface area contributed by atoms with Crippen molar-refractivity contribution in [3.8, 4) is 0 Å². The van der Waals surface area contributed by atoms with E-state index in [4.69, 9.17) is 0 Å². The second-order valence-electron chi connectivity index (χ2n) is 5.55. The third kappa shape index (κ3) is 4.48. The van der Waals surface area contributed by atoms with Crippen molar-refractivity contribution in [2.24, 2.45) is 0 Å². The van der Waals surface area contributed by atoms with Gasteiger partial charge in [-0.1, -0.05) is 18.2 Å². The lowest BCUT2D eigenvalue weighted by atomic mass is 10.2. The summed E-state index contributed by atoms with van der Waals surface area (Å²) in [5, 5.41) is 11.6. The number of amides is 1. The first kappa shape index (κ1) is 16.8. The maximum Gasteiger partial charge on any atom is 0.274 e. The highest BCUT2D eigenvalue weighted by Crippen LogP contribution is 2.06. The van der Waals surface area contributed by atoms with Crippen LogP contribution in [-0.2, 0) is 11.3 Å². The summed E-state index contributed by atoms with van der Waals surface area (Å²) < 4.78 is 1.44. The Morgan fingerprint density at radius 3 is 2.80 bits per heavy atom. The molecule has 3 aromatic rings. The van der Waals surface area contributed by atoms with E-state index in [-0.39, 0.29) is 11.5 Å². The van der Waals surface area contributed by atoms with E-state index in [1.54, 1.807) is 36.8 Å². The Morgan fingerprint density at radius 2 is 1.96 bits per heavy atom. The fourth-order valence-corrected chi connectivity index (χ4v) is 2.46. The van der Waals surface area contributed by atoms with Crippen LogP contribution in [0.15, 0.2) is 59.8 Å². The Balaban J connectivity index is 1.44. The Hall–Kier alpha value is -3.06. The van der Waals surface area contributed by atoms with Gasteiger partial charge in [0.1, 0.15) is 0 Å². The summed E-state index contributed by atoms with van der Waals surface area (Å²) in [6, 6.07) is 10.9. The molecule has 2 N–H and O–H groups in total. The fourth-order valence-electron chi connectivity index (χ4n) is 2.46. The van der Waals surface area contributed by atoms with E-state index < -0.39 is 0 Å². The standard InChI is InChI=1S/C18H19N5O2/c24-17(22-15-5-3-8-20-13-15)7-9-19-10-11-23-18(25)16-6-2-1-4-14(16)12-21-23/h1-6,8,12-13,19H,7,9-11H2,(H,22,24). The average Bonchev–Trinajstić information content (AvgIpc) is 2.64. The molecule has 1 aromatic carbocycles. The second-order valence-corrected chi connectivity index (χ2v) is 5.55. The summed E-state index contributed by atoms with van der Waals surface area (Å²) in [5.74, 6) is -0.0819. The smallest absolute Gasteiger partial charge is 0.274 e. The molecule has 0 aliphatic rings. The summed E-state index contributed by atoms with van der Waals surface area (Å²) >= 11 is 0. The zero-order chi connectivity index (χ0) is 17.5. The summed E-state index contributed by atoms with van der Waals surface area (Å²) in [6.07, 6.45) is 5.29. The third-order valence-corrected chi connectivity index (χ3v) is 3.74. The molecule has 3 rings (SSSR count). The van der Waals surface area contributed by atoms with Crippen molar-refractivity contribution >= 4 is 22.4 Å². The highest BCUT2D eigenvalue weighted by molar-refractivity contribution is 5.90. The molecule has 0 atom stereocenters. The monoisotopic (exact) mass is 337 g/mol. The van der Waals surface area contributed by atoms with Gasteiger partial charge in [-0.05, 0) is 18.2 Å². The molecular weight excluding hydrogens is 318 g/mol. The predicted molar refractivity (Wildman–Crippen MR) is 96.4 cm³/mol. The minimum absolute atomic E-state index is 0.0819. The van der Waals surface area contributed by atoms with Crippen molar-refractivity contribution in [3.63, 3.8) is 0 Å². The number of aromatic nitrogens is 3. The first-order chi connectivity index (χ1) is 12.2. The quantitative estimate of drug-likeness (QED) is 0.636. The molecule has 0 unspecified atom stereocenters. The van der Waals surface area contributed by atoms with Gasteiger partial charge < -0.3 is 10.6 Å². The van der Waals surface area contributed by atoms with E-state index in [2.05, 4.69) is 20.7 Å². The Bertz CT molecular complexity index is 908. The molecule has 0 saturated carbocycles. The number of carbonyl (C=O) groups excluding carboxylic acids is 1. The van der Waals surface area contributed by atoms with Crippen LogP contribution in [0.2, 0.25) is 0 Å². The van der Waals surface area contributed by atoms with Gasteiger partial charge >= 0.3 is 0 Å². The van der Waals surface area contributed by atoms with Gasteiger partial charge in [0.25, 0.3) is 5.56 Å². The number of hydrogen-bond donors (Lipinski definition) is 2. The molecule has 2 heterocycles. The van der Waals surface area contributed by atoms with E-state index in [9.17, 15) is 9.59 Å². The van der Waals surface area contributed by atoms with Gasteiger partial charge in [-0.15, -0.1) is 0 Å². The lowest BCUT2D eigenvalue weighted by Crippen LogP contribution is -2.30. The zero-order valence-electron chi connectivity index (χ0n) is 13.7. The number of hydrogen-bond acceptors (Lipinski definition) is 5. The molecule has 7 heteroatoms. The number of nitrogens with zero attached hydrogens (tertiary/aromatic N) is 3. The molecule has 0 aliphatic carbocycles. The summed E-state index contributed by atoms with van der Waals surface area (Å²) in [6.45, 7) is 1.54. The van der Waals surface area contributed by atoms with Gasteiger partial charge in [0.15, 0.2) is 0 Å². The number of pyridine rings is 1. The molecule has 128 valence electrons. The molecule has 0 fully saturated rings. The predicted octanol–water partition coefficient (Wildman–Crippen LogP) is 1.41. The van der Waals surface area contributed by atoms with E-state index in [0.717, 1.165) is 5.39 Å². The van der Waals surface area contributed by atoms with Crippen LogP contribution in [0.25, 0.3) is 10.8 Å². The van der Waals surface area contributed by atoms with Crippen molar-refractivity contribution in [2.45, 2.75) is 13.0 Å². The number of anilines is 1. The molecular formula is C18H19N5O2. The van der Waals surface area contributed by atoms with Crippen LogP contribution in [0.5, 0.6) is 0 Å². The van der Waals surface area contributed by atoms with Crippen LogP contribution in [0.3, 0.4) is 0 Å². The fraction of sp³-hybridized carbons (Fsp3) is 0.222. The summed E-state index contributed by atoms with van der Waals surface area (Å²) in [7, 11) is 0. The summed E-state index contributed by atoms with van der Waals surface area (Å²) in [5.41, 5.74) is 0.577. The summed E-state index contributed by atoms with van der Waals surface area (Å²) in [4.78, 5) is 28.0. The number of nitrogens with one attached hydrogen (secondary N) is 2. The van der Waals surface area contributed by atoms with E-state index in [1.165, 1.54) is 4.68 Å². The molecule has 0 bridgehead atoms. The average molecular weight is 337 g/mol. The van der Waals surface area contributed by atoms with Crippen molar-refractivity contribution in [2.75, 3.05) is 18.4 Å². The minimum atomic E-state index is -0.103. The van der Waals surface area contributed by atoms with Gasteiger partial charge in [0.2, 0.25) is 5.91 Å². The number of fused-ring (bicyclic) bond motifs is 1. The SMILES string of the molecule is O=C(CCNCCn1ncc2ccccc2c1=O)Nc1cccnc1. The Kier molecular flexibility index (Phi) is 5.48. The van der Waals surface area contributed by atoms with Gasteiger partial charge in [0.05, 0.1) is 30.0 Å². The van der Waals surface area contributed by atoms with Gasteiger partial charge in [-0.3, -0.25) is 14.6 Å².